The first kappa shape index (κ1) is 20.6. The Morgan fingerprint density at radius 1 is 0.778 bits per heavy atom. The first-order valence-electron chi connectivity index (χ1n) is 9.78. The van der Waals surface area contributed by atoms with E-state index >= 15 is 0 Å². The minimum atomic E-state index is 0. The topological polar surface area (TPSA) is 34.1 Å². The maximum Gasteiger partial charge on any atom is 0.163 e. The van der Waals surface area contributed by atoms with Crippen LogP contribution in [0.3, 0.4) is 0 Å². The third-order valence-electron chi connectivity index (χ3n) is 5.89. The van der Waals surface area contributed by atoms with Gasteiger partial charge in [0.25, 0.3) is 0 Å². The van der Waals surface area contributed by atoms with Crippen LogP contribution in [0.4, 0.5) is 0 Å². The zero-order valence-electron chi connectivity index (χ0n) is 15.9. The van der Waals surface area contributed by atoms with Gasteiger partial charge in [-0.15, -0.1) is 6.42 Å². The Labute approximate surface area is 187 Å². The molecule has 0 unspecified atom stereocenters. The quantitative estimate of drug-likeness (QED) is 0.499. The smallest absolute Gasteiger partial charge is 0.163 e. The summed E-state index contributed by atoms with van der Waals surface area (Å²) in [6, 6.07) is 10.5. The summed E-state index contributed by atoms with van der Waals surface area (Å²) in [6.45, 7) is 3.61. The maximum atomic E-state index is 11.5. The zero-order chi connectivity index (χ0) is 18.1. The van der Waals surface area contributed by atoms with Crippen molar-refractivity contribution in [2.45, 2.75) is 57.8 Å². The summed E-state index contributed by atoms with van der Waals surface area (Å²) in [5, 5.41) is 0. The van der Waals surface area contributed by atoms with Gasteiger partial charge in [-0.3, -0.25) is 9.59 Å². The van der Waals surface area contributed by atoms with Crippen LogP contribution in [0.5, 0.6) is 0 Å². The van der Waals surface area contributed by atoms with Gasteiger partial charge < -0.3 is 6.92 Å². The molecule has 0 saturated carbocycles. The van der Waals surface area contributed by atoms with Crippen molar-refractivity contribution in [3.63, 3.8) is 0 Å². The normalized spacial score (nSPS) is 16.0. The predicted molar refractivity (Wildman–Crippen MR) is 104 cm³/mol. The van der Waals surface area contributed by atoms with Gasteiger partial charge in [-0.25, -0.2) is 0 Å². The van der Waals surface area contributed by atoms with Gasteiger partial charge in [0.15, 0.2) is 5.78 Å². The van der Waals surface area contributed by atoms with E-state index in [9.17, 15) is 9.59 Å². The van der Waals surface area contributed by atoms with Crippen molar-refractivity contribution >= 4 is 11.6 Å². The molecule has 137 valence electrons. The Morgan fingerprint density at radius 3 is 2.11 bits per heavy atom. The molecule has 2 aromatic rings. The number of hydrogen-bond acceptors (Lipinski definition) is 2. The molecule has 0 fully saturated rings. The second kappa shape index (κ2) is 8.92. The maximum absolute atomic E-state index is 11.5. The fraction of sp³-hybridized carbons (Fsp3) is 0.375. The standard InChI is InChI=1S/C12H12O.C12H13O.Y/c13-12-5-4-10-6-8-2-1-3-9(8)7-11(10)12;1-2-12(13)11-7-6-9-4-3-5-10(9)8-11;/h6-7H,1-5H2;6-8H,1-5H2;/q;-1;. The molecule has 3 aliphatic carbocycles. The van der Waals surface area contributed by atoms with E-state index in [1.165, 1.54) is 59.9 Å². The van der Waals surface area contributed by atoms with Gasteiger partial charge in [-0.05, 0) is 84.9 Å². The van der Waals surface area contributed by atoms with E-state index in [-0.39, 0.29) is 38.5 Å². The molecule has 0 saturated heterocycles. The van der Waals surface area contributed by atoms with Crippen LogP contribution in [0.1, 0.15) is 74.2 Å². The molecule has 0 amide bonds. The van der Waals surface area contributed by atoms with Gasteiger partial charge in [0.1, 0.15) is 5.78 Å². The molecule has 1 radical (unpaired) electrons. The molecule has 0 spiro atoms. The molecule has 2 nitrogen and oxygen atoms in total. The van der Waals surface area contributed by atoms with Gasteiger partial charge in [-0.1, -0.05) is 18.2 Å². The molecule has 2 aromatic carbocycles. The predicted octanol–water partition coefficient (Wildman–Crippen LogP) is 4.88. The van der Waals surface area contributed by atoms with Crippen LogP contribution in [-0.2, 0) is 64.8 Å². The first-order chi connectivity index (χ1) is 12.7. The van der Waals surface area contributed by atoms with E-state index < -0.39 is 0 Å². The fourth-order valence-electron chi connectivity index (χ4n) is 4.41. The molecule has 0 aromatic heterocycles. The number of rotatable bonds is 2. The summed E-state index contributed by atoms with van der Waals surface area (Å²) >= 11 is 0. The van der Waals surface area contributed by atoms with Crippen LogP contribution in [-0.4, -0.2) is 11.6 Å². The zero-order valence-corrected chi connectivity index (χ0v) is 18.7. The van der Waals surface area contributed by atoms with Crippen LogP contribution < -0.4 is 0 Å². The van der Waals surface area contributed by atoms with Crippen molar-refractivity contribution in [3.8, 4) is 0 Å². The summed E-state index contributed by atoms with van der Waals surface area (Å²) in [5.74, 6) is 0.499. The monoisotopic (exact) mass is 434 g/mol. The number of carbonyl (C=O) groups is 2. The number of Topliss-reactive ketones (excluding diaryl/α,β-unsaturated/α-hetero) is 2. The molecule has 0 N–H and O–H groups in total. The molecule has 3 heteroatoms. The number of hydrogen-bond donors (Lipinski definition) is 0. The largest absolute Gasteiger partial charge is 0.336 e. The van der Waals surface area contributed by atoms with E-state index in [1.807, 2.05) is 12.1 Å². The van der Waals surface area contributed by atoms with E-state index in [0.29, 0.717) is 12.2 Å². The van der Waals surface area contributed by atoms with Crippen molar-refractivity contribution in [1.82, 2.24) is 0 Å². The van der Waals surface area contributed by atoms with E-state index in [0.717, 1.165) is 30.4 Å². The van der Waals surface area contributed by atoms with Crippen LogP contribution >= 0.6 is 0 Å². The van der Waals surface area contributed by atoms with Gasteiger partial charge in [0, 0.05) is 50.3 Å². The Balaban J connectivity index is 0.000000150. The number of benzene rings is 2. The molecule has 27 heavy (non-hydrogen) atoms. The second-order valence-electron chi connectivity index (χ2n) is 7.57. The second-order valence-corrected chi connectivity index (χ2v) is 7.57. The number of ketones is 2. The summed E-state index contributed by atoms with van der Waals surface area (Å²) in [6.07, 6.45) is 9.27. The third-order valence-corrected chi connectivity index (χ3v) is 5.89. The minimum Gasteiger partial charge on any atom is -0.336 e. The summed E-state index contributed by atoms with van der Waals surface area (Å²) in [7, 11) is 0. The van der Waals surface area contributed by atoms with Crippen molar-refractivity contribution in [1.29, 1.82) is 0 Å². The Hall–Kier alpha value is -1.12. The molecule has 5 rings (SSSR count). The molecular formula is C24H25O2Y-. The summed E-state index contributed by atoms with van der Waals surface area (Å²) in [5.41, 5.74) is 8.84. The van der Waals surface area contributed by atoms with Crippen molar-refractivity contribution in [2.24, 2.45) is 0 Å². The Kier molecular flexibility index (Phi) is 6.81. The molecule has 3 aliphatic rings. The minimum absolute atomic E-state index is 0. The van der Waals surface area contributed by atoms with E-state index in [2.05, 4.69) is 25.1 Å². The Morgan fingerprint density at radius 2 is 1.41 bits per heavy atom. The summed E-state index contributed by atoms with van der Waals surface area (Å²) < 4.78 is 0. The summed E-state index contributed by atoms with van der Waals surface area (Å²) in [4.78, 5) is 22.8. The van der Waals surface area contributed by atoms with Gasteiger partial charge in [0.2, 0.25) is 0 Å². The molecule has 0 atom stereocenters. The molecular weight excluding hydrogens is 409 g/mol. The van der Waals surface area contributed by atoms with Crippen LogP contribution in [0, 0.1) is 6.92 Å². The van der Waals surface area contributed by atoms with Crippen LogP contribution in [0.2, 0.25) is 0 Å². The first-order valence-corrected chi connectivity index (χ1v) is 9.78. The van der Waals surface area contributed by atoms with Crippen molar-refractivity contribution in [3.05, 3.63) is 76.2 Å². The van der Waals surface area contributed by atoms with Crippen molar-refractivity contribution in [2.75, 3.05) is 0 Å². The number of aryl methyl sites for hydroxylation is 5. The average molecular weight is 434 g/mol. The SMILES string of the molecule is O=C1CCc2cc3c(cc21)CCC3.[CH2-]CC(=O)c1ccc2c(c1)CCC2.[Y]. The third kappa shape index (κ3) is 4.33. The Bertz CT molecular complexity index is 880. The molecule has 0 aliphatic heterocycles. The van der Waals surface area contributed by atoms with Gasteiger partial charge >= 0.3 is 0 Å². The van der Waals surface area contributed by atoms with Gasteiger partial charge in [-0.2, -0.15) is 0 Å². The molecule has 0 bridgehead atoms. The van der Waals surface area contributed by atoms with Crippen LogP contribution in [0.25, 0.3) is 0 Å². The fourth-order valence-corrected chi connectivity index (χ4v) is 4.41. The molecule has 0 heterocycles. The number of fused-ring (bicyclic) bond motifs is 3. The van der Waals surface area contributed by atoms with Crippen LogP contribution in [0.15, 0.2) is 30.3 Å². The van der Waals surface area contributed by atoms with Crippen molar-refractivity contribution < 1.29 is 42.3 Å². The average Bonchev–Trinajstić information content (AvgIpc) is 3.39. The van der Waals surface area contributed by atoms with Gasteiger partial charge in [0.05, 0.1) is 0 Å². The van der Waals surface area contributed by atoms with E-state index in [4.69, 9.17) is 0 Å². The number of carbonyl (C=O) groups excluding carboxylic acids is 2. The van der Waals surface area contributed by atoms with E-state index in [1.54, 1.807) is 0 Å².